The fraction of sp³-hybridized carbons (Fsp3) is 0.350. The summed E-state index contributed by atoms with van der Waals surface area (Å²) in [5.41, 5.74) is 1.10. The molecule has 1 aliphatic carbocycles. The minimum Gasteiger partial charge on any atom is -0.493 e. The minimum atomic E-state index is -0.521. The van der Waals surface area contributed by atoms with Gasteiger partial charge in [-0.15, -0.1) is 0 Å². The monoisotopic (exact) mass is 370 g/mol. The highest BCUT2D eigenvalue weighted by Crippen LogP contribution is 2.43. The third-order valence-electron chi connectivity index (χ3n) is 5.04. The van der Waals surface area contributed by atoms with Crippen LogP contribution in [0.1, 0.15) is 24.8 Å². The summed E-state index contributed by atoms with van der Waals surface area (Å²) in [6, 6.07) is 14.2. The lowest BCUT2D eigenvalue weighted by atomic mass is 9.64. The second-order valence-electron chi connectivity index (χ2n) is 6.66. The molecule has 0 spiro atoms. The van der Waals surface area contributed by atoms with Gasteiger partial charge in [-0.25, -0.2) is 0 Å². The van der Waals surface area contributed by atoms with Crippen LogP contribution in [0.2, 0.25) is 0 Å². The van der Waals surface area contributed by atoms with E-state index in [1.165, 1.54) is 30.9 Å². The summed E-state index contributed by atoms with van der Waals surface area (Å²) in [4.78, 5) is 22.6. The van der Waals surface area contributed by atoms with Gasteiger partial charge in [0.2, 0.25) is 0 Å². The van der Waals surface area contributed by atoms with Crippen LogP contribution in [-0.4, -0.2) is 31.1 Å². The number of rotatable bonds is 8. The second-order valence-corrected chi connectivity index (χ2v) is 6.66. The number of carbonyl (C=O) groups is 1. The molecule has 0 bridgehead atoms. The van der Waals surface area contributed by atoms with Crippen LogP contribution in [-0.2, 0) is 10.2 Å². The van der Waals surface area contributed by atoms with Crippen molar-refractivity contribution in [3.05, 3.63) is 64.2 Å². The Morgan fingerprint density at radius 3 is 2.52 bits per heavy atom. The highest BCUT2D eigenvalue weighted by molar-refractivity contribution is 5.77. The zero-order valence-corrected chi connectivity index (χ0v) is 15.1. The van der Waals surface area contributed by atoms with Crippen molar-refractivity contribution in [3.8, 4) is 11.5 Å². The molecule has 2 aromatic rings. The number of carbonyl (C=O) groups excluding carboxylic acids is 1. The first kappa shape index (κ1) is 18.7. The standard InChI is InChI=1S/C20H22N2O5/c1-26-17-9-8-16(22(24)25)12-18(17)27-13-19(23)21-14-20(10-5-11-20)15-6-3-2-4-7-15/h2-4,6-9,12H,5,10-11,13-14H2,1H3,(H,21,23). The molecule has 1 fully saturated rings. The number of hydrogen-bond acceptors (Lipinski definition) is 5. The van der Waals surface area contributed by atoms with Crippen LogP contribution < -0.4 is 14.8 Å². The van der Waals surface area contributed by atoms with Crippen LogP contribution >= 0.6 is 0 Å². The first-order valence-electron chi connectivity index (χ1n) is 8.81. The zero-order valence-electron chi connectivity index (χ0n) is 15.1. The summed E-state index contributed by atoms with van der Waals surface area (Å²) < 4.78 is 10.6. The van der Waals surface area contributed by atoms with E-state index >= 15 is 0 Å². The van der Waals surface area contributed by atoms with Crippen molar-refractivity contribution in [1.29, 1.82) is 0 Å². The van der Waals surface area contributed by atoms with Crippen molar-refractivity contribution in [3.63, 3.8) is 0 Å². The summed E-state index contributed by atoms with van der Waals surface area (Å²) in [5, 5.41) is 13.8. The van der Waals surface area contributed by atoms with E-state index in [4.69, 9.17) is 9.47 Å². The van der Waals surface area contributed by atoms with Crippen LogP contribution in [0, 0.1) is 10.1 Å². The van der Waals surface area contributed by atoms with Crippen molar-refractivity contribution >= 4 is 11.6 Å². The fourth-order valence-electron chi connectivity index (χ4n) is 3.32. The molecule has 3 rings (SSSR count). The molecule has 1 saturated carbocycles. The Labute approximate surface area is 157 Å². The van der Waals surface area contributed by atoms with E-state index in [0.29, 0.717) is 12.3 Å². The van der Waals surface area contributed by atoms with Crippen molar-refractivity contribution < 1.29 is 19.2 Å². The summed E-state index contributed by atoms with van der Waals surface area (Å²) in [5.74, 6) is 0.238. The van der Waals surface area contributed by atoms with Gasteiger partial charge in [-0.1, -0.05) is 36.8 Å². The van der Waals surface area contributed by atoms with Gasteiger partial charge in [0.05, 0.1) is 18.1 Å². The summed E-state index contributed by atoms with van der Waals surface area (Å²) in [6.45, 7) is 0.313. The smallest absolute Gasteiger partial charge is 0.273 e. The highest BCUT2D eigenvalue weighted by atomic mass is 16.6. The lowest BCUT2D eigenvalue weighted by Gasteiger charge is -2.42. The zero-order chi connectivity index (χ0) is 19.3. The molecular formula is C20H22N2O5. The number of benzene rings is 2. The first-order chi connectivity index (χ1) is 13.0. The Morgan fingerprint density at radius 1 is 1.19 bits per heavy atom. The molecule has 1 amide bonds. The molecule has 0 aliphatic heterocycles. The molecular weight excluding hydrogens is 348 g/mol. The van der Waals surface area contributed by atoms with E-state index in [1.54, 1.807) is 0 Å². The van der Waals surface area contributed by atoms with Gasteiger partial charge in [0.25, 0.3) is 11.6 Å². The maximum Gasteiger partial charge on any atom is 0.273 e. The molecule has 0 heterocycles. The van der Waals surface area contributed by atoms with E-state index in [2.05, 4.69) is 17.4 Å². The Morgan fingerprint density at radius 2 is 1.93 bits per heavy atom. The van der Waals surface area contributed by atoms with Crippen molar-refractivity contribution in [2.75, 3.05) is 20.3 Å². The van der Waals surface area contributed by atoms with E-state index in [9.17, 15) is 14.9 Å². The van der Waals surface area contributed by atoms with E-state index in [1.807, 2.05) is 18.2 Å². The van der Waals surface area contributed by atoms with Gasteiger partial charge in [-0.2, -0.15) is 0 Å². The van der Waals surface area contributed by atoms with Gasteiger partial charge in [-0.05, 0) is 24.5 Å². The normalized spacial score (nSPS) is 14.7. The highest BCUT2D eigenvalue weighted by Gasteiger charge is 2.38. The molecule has 0 unspecified atom stereocenters. The van der Waals surface area contributed by atoms with Crippen LogP contribution in [0.25, 0.3) is 0 Å². The quantitative estimate of drug-likeness (QED) is 0.569. The van der Waals surface area contributed by atoms with Gasteiger partial charge in [-0.3, -0.25) is 14.9 Å². The van der Waals surface area contributed by atoms with E-state index < -0.39 is 4.92 Å². The average Bonchev–Trinajstić information content (AvgIpc) is 2.66. The van der Waals surface area contributed by atoms with Gasteiger partial charge in [0.15, 0.2) is 18.1 Å². The van der Waals surface area contributed by atoms with Crippen molar-refractivity contribution in [1.82, 2.24) is 5.32 Å². The predicted octanol–water partition coefficient (Wildman–Crippen LogP) is 3.22. The van der Waals surface area contributed by atoms with Gasteiger partial charge in [0.1, 0.15) is 0 Å². The fourth-order valence-corrected chi connectivity index (χ4v) is 3.32. The van der Waals surface area contributed by atoms with E-state index in [-0.39, 0.29) is 29.4 Å². The van der Waals surface area contributed by atoms with Crippen LogP contribution in [0.5, 0.6) is 11.5 Å². The molecule has 27 heavy (non-hydrogen) atoms. The topological polar surface area (TPSA) is 90.7 Å². The lowest BCUT2D eigenvalue weighted by Crippen LogP contribution is -2.46. The Bertz CT molecular complexity index is 818. The maximum absolute atomic E-state index is 12.2. The maximum atomic E-state index is 12.2. The second kappa shape index (κ2) is 8.07. The van der Waals surface area contributed by atoms with Gasteiger partial charge in [0, 0.05) is 18.0 Å². The average molecular weight is 370 g/mol. The van der Waals surface area contributed by atoms with Crippen LogP contribution in [0.15, 0.2) is 48.5 Å². The van der Waals surface area contributed by atoms with Gasteiger partial charge >= 0.3 is 0 Å². The molecule has 0 radical (unpaired) electrons. The van der Waals surface area contributed by atoms with Crippen molar-refractivity contribution in [2.24, 2.45) is 0 Å². The third kappa shape index (κ3) is 4.19. The Kier molecular flexibility index (Phi) is 5.59. The number of non-ortho nitro benzene ring substituents is 1. The molecule has 0 atom stereocenters. The van der Waals surface area contributed by atoms with E-state index in [0.717, 1.165) is 19.3 Å². The summed E-state index contributed by atoms with van der Waals surface area (Å²) >= 11 is 0. The largest absolute Gasteiger partial charge is 0.493 e. The summed E-state index contributed by atoms with van der Waals surface area (Å²) in [7, 11) is 1.44. The number of nitro benzene ring substituents is 1. The van der Waals surface area contributed by atoms with Gasteiger partial charge < -0.3 is 14.8 Å². The predicted molar refractivity (Wildman–Crippen MR) is 100 cm³/mol. The van der Waals surface area contributed by atoms with Crippen LogP contribution in [0.4, 0.5) is 5.69 Å². The Balaban J connectivity index is 1.59. The SMILES string of the molecule is COc1ccc([N+](=O)[O-])cc1OCC(=O)NCC1(c2ccccc2)CCC1. The molecule has 1 aliphatic rings. The molecule has 0 saturated heterocycles. The number of nitrogens with zero attached hydrogens (tertiary/aromatic N) is 1. The number of ether oxygens (including phenoxy) is 2. The Hall–Kier alpha value is -3.09. The first-order valence-corrected chi connectivity index (χ1v) is 8.81. The molecule has 142 valence electrons. The van der Waals surface area contributed by atoms with Crippen LogP contribution in [0.3, 0.4) is 0 Å². The molecule has 7 heteroatoms. The molecule has 0 aromatic heterocycles. The molecule has 7 nitrogen and oxygen atoms in total. The number of methoxy groups -OCH3 is 1. The number of nitrogens with one attached hydrogen (secondary N) is 1. The third-order valence-corrected chi connectivity index (χ3v) is 5.04. The van der Waals surface area contributed by atoms with Crippen molar-refractivity contribution in [2.45, 2.75) is 24.7 Å². The summed E-state index contributed by atoms with van der Waals surface area (Å²) in [6.07, 6.45) is 3.22. The lowest BCUT2D eigenvalue weighted by molar-refractivity contribution is -0.385. The molecule has 2 aromatic carbocycles. The number of hydrogen-bond donors (Lipinski definition) is 1. The number of nitro groups is 1. The molecule has 1 N–H and O–H groups in total. The number of amides is 1. The minimum absolute atomic E-state index is 0.0137.